The molecule has 0 amide bonds. The van der Waals surface area contributed by atoms with Gasteiger partial charge in [0.2, 0.25) is 0 Å². The molecule has 0 atom stereocenters. The molecule has 31 heavy (non-hydrogen) atoms. The van der Waals surface area contributed by atoms with E-state index in [1.165, 1.54) is 0 Å². The van der Waals surface area contributed by atoms with Gasteiger partial charge >= 0.3 is 5.97 Å². The summed E-state index contributed by atoms with van der Waals surface area (Å²) >= 11 is 0. The van der Waals surface area contributed by atoms with Crippen molar-refractivity contribution in [2.75, 3.05) is 0 Å². The molecular weight excluding hydrogens is 392 g/mol. The number of ether oxygens (including phenoxy) is 1. The first-order valence-electron chi connectivity index (χ1n) is 10.0. The number of rotatable bonds is 6. The number of carboxylic acids is 1. The molecule has 160 valence electrons. The lowest BCUT2D eigenvalue weighted by Crippen LogP contribution is -2.20. The molecule has 0 saturated heterocycles. The molecule has 0 aliphatic carbocycles. The predicted molar refractivity (Wildman–Crippen MR) is 120 cm³/mol. The van der Waals surface area contributed by atoms with Crippen molar-refractivity contribution in [2.24, 2.45) is 5.41 Å². The number of hydrogen-bond donors (Lipinski definition) is 2. The minimum absolute atomic E-state index is 0.0586. The highest BCUT2D eigenvalue weighted by Gasteiger charge is 2.26. The van der Waals surface area contributed by atoms with E-state index in [2.05, 4.69) is 0 Å². The molecule has 0 heterocycles. The minimum Gasteiger partial charge on any atom is -0.507 e. The van der Waals surface area contributed by atoms with Crippen LogP contribution in [-0.4, -0.2) is 22.0 Å². The molecule has 2 N–H and O–H groups in total. The van der Waals surface area contributed by atoms with Crippen molar-refractivity contribution in [3.63, 3.8) is 0 Å². The van der Waals surface area contributed by atoms with E-state index in [4.69, 9.17) is 4.74 Å². The number of phenolic OH excluding ortho intramolecular Hbond substituents is 1. The number of aromatic hydroxyl groups is 1. The maximum atomic E-state index is 12.5. The van der Waals surface area contributed by atoms with Crippen molar-refractivity contribution in [1.82, 2.24) is 0 Å². The second-order valence-corrected chi connectivity index (χ2v) is 8.54. The minimum atomic E-state index is -0.968. The van der Waals surface area contributed by atoms with Crippen LogP contribution in [0, 0.1) is 12.3 Å². The van der Waals surface area contributed by atoms with Gasteiger partial charge in [0.25, 0.3) is 0 Å². The van der Waals surface area contributed by atoms with Crippen LogP contribution in [0.25, 0.3) is 11.1 Å². The van der Waals surface area contributed by atoms with Gasteiger partial charge in [-0.2, -0.15) is 0 Å². The van der Waals surface area contributed by atoms with Crippen molar-refractivity contribution in [1.29, 1.82) is 0 Å². The Morgan fingerprint density at radius 1 is 0.935 bits per heavy atom. The summed E-state index contributed by atoms with van der Waals surface area (Å²) in [6, 6.07) is 17.7. The van der Waals surface area contributed by atoms with Gasteiger partial charge in [-0.25, -0.2) is 4.79 Å². The number of benzene rings is 3. The standard InChI is InChI=1S/C26H26O5/c1-16-22(12-11-21(23(16)27)24(28)26(2,3)4)31-15-17-7-5-8-18(13-17)19-9-6-10-20(14-19)25(29)30/h5-14,27H,15H2,1-4H3,(H,29,30). The summed E-state index contributed by atoms with van der Waals surface area (Å²) < 4.78 is 5.91. The zero-order chi connectivity index (χ0) is 22.8. The number of hydrogen-bond acceptors (Lipinski definition) is 4. The molecule has 3 rings (SSSR count). The normalized spacial score (nSPS) is 11.2. The molecule has 0 aliphatic heterocycles. The summed E-state index contributed by atoms with van der Waals surface area (Å²) in [5, 5.41) is 19.7. The van der Waals surface area contributed by atoms with Gasteiger partial charge in [0.15, 0.2) is 5.78 Å². The average Bonchev–Trinajstić information content (AvgIpc) is 2.74. The smallest absolute Gasteiger partial charge is 0.335 e. The van der Waals surface area contributed by atoms with Crippen LogP contribution in [0.4, 0.5) is 0 Å². The molecule has 5 heteroatoms. The van der Waals surface area contributed by atoms with Crippen LogP contribution >= 0.6 is 0 Å². The Labute approximate surface area is 181 Å². The largest absolute Gasteiger partial charge is 0.507 e. The Hall–Kier alpha value is -3.60. The third kappa shape index (κ3) is 4.94. The van der Waals surface area contributed by atoms with Gasteiger partial charge < -0.3 is 14.9 Å². The maximum absolute atomic E-state index is 12.5. The number of aromatic carboxylic acids is 1. The van der Waals surface area contributed by atoms with E-state index in [0.717, 1.165) is 16.7 Å². The van der Waals surface area contributed by atoms with Gasteiger partial charge in [0, 0.05) is 11.0 Å². The fraction of sp³-hybridized carbons (Fsp3) is 0.231. The molecule has 0 fully saturated rings. The monoisotopic (exact) mass is 418 g/mol. The second-order valence-electron chi connectivity index (χ2n) is 8.54. The van der Waals surface area contributed by atoms with Gasteiger partial charge in [-0.15, -0.1) is 0 Å². The third-order valence-corrected chi connectivity index (χ3v) is 5.07. The van der Waals surface area contributed by atoms with E-state index < -0.39 is 11.4 Å². The molecule has 0 saturated carbocycles. The van der Waals surface area contributed by atoms with Crippen molar-refractivity contribution >= 4 is 11.8 Å². The van der Waals surface area contributed by atoms with Gasteiger partial charge in [0.05, 0.1) is 11.1 Å². The van der Waals surface area contributed by atoms with Crippen LogP contribution in [-0.2, 0) is 6.61 Å². The van der Waals surface area contributed by atoms with E-state index in [-0.39, 0.29) is 29.3 Å². The summed E-state index contributed by atoms with van der Waals surface area (Å²) in [7, 11) is 0. The molecule has 0 unspecified atom stereocenters. The summed E-state index contributed by atoms with van der Waals surface area (Å²) in [5.41, 5.74) is 3.03. The summed E-state index contributed by atoms with van der Waals surface area (Å²) in [4.78, 5) is 23.8. The first-order valence-corrected chi connectivity index (χ1v) is 10.0. The Morgan fingerprint density at radius 3 is 2.23 bits per heavy atom. The van der Waals surface area contributed by atoms with Crippen LogP contribution < -0.4 is 4.74 Å². The first-order chi connectivity index (χ1) is 14.6. The zero-order valence-electron chi connectivity index (χ0n) is 18.1. The van der Waals surface area contributed by atoms with Crippen molar-refractivity contribution in [3.8, 4) is 22.6 Å². The number of carbonyl (C=O) groups excluding carboxylic acids is 1. The number of Topliss-reactive ketones (excluding diaryl/α,β-unsaturated/α-hetero) is 1. The highest BCUT2D eigenvalue weighted by atomic mass is 16.5. The summed E-state index contributed by atoms with van der Waals surface area (Å²) in [6.45, 7) is 7.42. The second kappa shape index (κ2) is 8.64. The summed E-state index contributed by atoms with van der Waals surface area (Å²) in [6.07, 6.45) is 0. The molecule has 5 nitrogen and oxygen atoms in total. The van der Waals surface area contributed by atoms with E-state index in [1.54, 1.807) is 37.3 Å². The van der Waals surface area contributed by atoms with Crippen LogP contribution in [0.2, 0.25) is 0 Å². The van der Waals surface area contributed by atoms with Crippen LogP contribution in [0.15, 0.2) is 60.7 Å². The van der Waals surface area contributed by atoms with E-state index in [1.807, 2.05) is 51.1 Å². The van der Waals surface area contributed by atoms with Crippen molar-refractivity contribution in [2.45, 2.75) is 34.3 Å². The lowest BCUT2D eigenvalue weighted by Gasteiger charge is -2.19. The number of phenols is 1. The van der Waals surface area contributed by atoms with Crippen LogP contribution in [0.1, 0.15) is 52.6 Å². The van der Waals surface area contributed by atoms with E-state index >= 15 is 0 Å². The molecular formula is C26H26O5. The highest BCUT2D eigenvalue weighted by molar-refractivity contribution is 6.02. The number of ketones is 1. The molecule has 0 radical (unpaired) electrons. The Morgan fingerprint density at radius 2 is 1.58 bits per heavy atom. The highest BCUT2D eigenvalue weighted by Crippen LogP contribution is 2.34. The van der Waals surface area contributed by atoms with Gasteiger partial charge in [-0.3, -0.25) is 4.79 Å². The van der Waals surface area contributed by atoms with Crippen molar-refractivity contribution < 1.29 is 24.5 Å². The average molecular weight is 418 g/mol. The van der Waals surface area contributed by atoms with E-state index in [9.17, 15) is 19.8 Å². The fourth-order valence-corrected chi connectivity index (χ4v) is 3.26. The third-order valence-electron chi connectivity index (χ3n) is 5.07. The number of carboxylic acid groups (broad SMARTS) is 1. The fourth-order valence-electron chi connectivity index (χ4n) is 3.26. The van der Waals surface area contributed by atoms with Crippen LogP contribution in [0.5, 0.6) is 11.5 Å². The molecule has 0 aliphatic rings. The lowest BCUT2D eigenvalue weighted by molar-refractivity contribution is 0.0696. The Kier molecular flexibility index (Phi) is 6.16. The number of carbonyl (C=O) groups is 2. The van der Waals surface area contributed by atoms with Crippen LogP contribution in [0.3, 0.4) is 0 Å². The van der Waals surface area contributed by atoms with Gasteiger partial charge in [0.1, 0.15) is 18.1 Å². The quantitative estimate of drug-likeness (QED) is 0.489. The molecule has 0 aromatic heterocycles. The van der Waals surface area contributed by atoms with Crippen molar-refractivity contribution in [3.05, 3.63) is 82.9 Å². The van der Waals surface area contributed by atoms with Gasteiger partial charge in [-0.1, -0.05) is 51.1 Å². The maximum Gasteiger partial charge on any atom is 0.335 e. The first kappa shape index (κ1) is 22.1. The molecule has 3 aromatic carbocycles. The molecule has 0 spiro atoms. The zero-order valence-corrected chi connectivity index (χ0v) is 18.1. The Bertz CT molecular complexity index is 1140. The van der Waals surface area contributed by atoms with Gasteiger partial charge in [-0.05, 0) is 53.9 Å². The SMILES string of the molecule is Cc1c(OCc2cccc(-c3cccc(C(=O)O)c3)c2)ccc(C(=O)C(C)(C)C)c1O. The summed E-state index contributed by atoms with van der Waals surface area (Å²) in [5.74, 6) is -0.654. The van der Waals surface area contributed by atoms with E-state index in [0.29, 0.717) is 11.3 Å². The lowest BCUT2D eigenvalue weighted by atomic mass is 9.85. The molecule has 3 aromatic rings. The molecule has 0 bridgehead atoms. The predicted octanol–water partition coefficient (Wildman–Crippen LogP) is 5.87. The Balaban J connectivity index is 1.80. The topological polar surface area (TPSA) is 83.8 Å².